The van der Waals surface area contributed by atoms with Crippen LogP contribution in [0.1, 0.15) is 23.6 Å². The fourth-order valence-corrected chi connectivity index (χ4v) is 3.33. The zero-order valence-electron chi connectivity index (χ0n) is 17.1. The molecule has 0 aliphatic heterocycles. The van der Waals surface area contributed by atoms with Crippen LogP contribution in [0.15, 0.2) is 59.1 Å². The third-order valence-electron chi connectivity index (χ3n) is 4.91. The molecule has 0 saturated carbocycles. The standard InChI is InChI=1S/C23H24FN5O/c1-16-5-3-6-18(13-16)23-25-22(30-28-23)15-29(2)12-4-7-20-14-21(27-26-20)17-8-10-19(24)11-9-17/h3,5-6,8-11,13-14H,4,7,12,15H2,1-2H3,(H,26,27). The van der Waals surface area contributed by atoms with Crippen LogP contribution in [-0.2, 0) is 13.0 Å². The molecule has 2 aromatic carbocycles. The Morgan fingerprint density at radius 3 is 2.70 bits per heavy atom. The Hall–Kier alpha value is -3.32. The van der Waals surface area contributed by atoms with E-state index in [0.29, 0.717) is 18.3 Å². The van der Waals surface area contributed by atoms with E-state index in [1.807, 2.05) is 44.3 Å². The molecule has 7 heteroatoms. The Morgan fingerprint density at radius 2 is 1.90 bits per heavy atom. The van der Waals surface area contributed by atoms with Gasteiger partial charge in [-0.25, -0.2) is 4.39 Å². The summed E-state index contributed by atoms with van der Waals surface area (Å²) in [5.74, 6) is 0.979. The van der Waals surface area contributed by atoms with Gasteiger partial charge in [-0.15, -0.1) is 0 Å². The molecule has 0 fully saturated rings. The van der Waals surface area contributed by atoms with Gasteiger partial charge in [0.1, 0.15) is 5.82 Å². The Labute approximate surface area is 174 Å². The zero-order chi connectivity index (χ0) is 20.9. The van der Waals surface area contributed by atoms with Crippen LogP contribution in [0.5, 0.6) is 0 Å². The Kier molecular flexibility index (Phi) is 5.99. The molecule has 1 N–H and O–H groups in total. The van der Waals surface area contributed by atoms with Crippen molar-refractivity contribution in [3.05, 3.63) is 77.6 Å². The minimum atomic E-state index is -0.246. The third-order valence-corrected chi connectivity index (χ3v) is 4.91. The first kappa shape index (κ1) is 20.0. The van der Waals surface area contributed by atoms with Crippen molar-refractivity contribution >= 4 is 0 Å². The van der Waals surface area contributed by atoms with E-state index in [2.05, 4.69) is 25.2 Å². The summed E-state index contributed by atoms with van der Waals surface area (Å²) in [7, 11) is 2.04. The van der Waals surface area contributed by atoms with Gasteiger partial charge in [-0.1, -0.05) is 28.9 Å². The number of benzene rings is 2. The van der Waals surface area contributed by atoms with Crippen molar-refractivity contribution in [1.82, 2.24) is 25.2 Å². The minimum absolute atomic E-state index is 0.246. The molecular weight excluding hydrogens is 381 g/mol. The lowest BCUT2D eigenvalue weighted by Crippen LogP contribution is -2.19. The summed E-state index contributed by atoms with van der Waals surface area (Å²) in [6.07, 6.45) is 1.83. The number of H-pyrrole nitrogens is 1. The number of nitrogens with zero attached hydrogens (tertiary/aromatic N) is 4. The van der Waals surface area contributed by atoms with E-state index in [4.69, 9.17) is 4.52 Å². The molecule has 0 bridgehead atoms. The maximum Gasteiger partial charge on any atom is 0.241 e. The molecule has 0 unspecified atom stereocenters. The number of hydrogen-bond donors (Lipinski definition) is 1. The van der Waals surface area contributed by atoms with Gasteiger partial charge in [0.05, 0.1) is 12.2 Å². The van der Waals surface area contributed by atoms with Crippen molar-refractivity contribution in [3.63, 3.8) is 0 Å². The van der Waals surface area contributed by atoms with Crippen LogP contribution in [0.3, 0.4) is 0 Å². The van der Waals surface area contributed by atoms with Gasteiger partial charge in [-0.05, 0) is 69.8 Å². The van der Waals surface area contributed by atoms with Crippen molar-refractivity contribution in [1.29, 1.82) is 0 Å². The molecular formula is C23H24FN5O. The summed E-state index contributed by atoms with van der Waals surface area (Å²) in [5.41, 5.74) is 4.91. The average Bonchev–Trinajstić information content (AvgIpc) is 3.38. The average molecular weight is 405 g/mol. The maximum atomic E-state index is 13.1. The molecule has 0 amide bonds. The van der Waals surface area contributed by atoms with Gasteiger partial charge in [-0.2, -0.15) is 10.1 Å². The molecule has 154 valence electrons. The van der Waals surface area contributed by atoms with Gasteiger partial charge in [-0.3, -0.25) is 10.00 Å². The Morgan fingerprint density at radius 1 is 1.07 bits per heavy atom. The van der Waals surface area contributed by atoms with E-state index in [9.17, 15) is 4.39 Å². The molecule has 0 spiro atoms. The molecule has 0 atom stereocenters. The summed E-state index contributed by atoms with van der Waals surface area (Å²) >= 11 is 0. The van der Waals surface area contributed by atoms with E-state index in [-0.39, 0.29) is 5.82 Å². The van der Waals surface area contributed by atoms with Crippen LogP contribution in [0.4, 0.5) is 4.39 Å². The zero-order valence-corrected chi connectivity index (χ0v) is 17.1. The van der Waals surface area contributed by atoms with Gasteiger partial charge in [0.25, 0.3) is 0 Å². The number of nitrogens with one attached hydrogen (secondary N) is 1. The highest BCUT2D eigenvalue weighted by atomic mass is 19.1. The van der Waals surface area contributed by atoms with Gasteiger partial charge in [0.2, 0.25) is 11.7 Å². The molecule has 0 aliphatic rings. The van der Waals surface area contributed by atoms with Crippen LogP contribution in [0, 0.1) is 12.7 Å². The highest BCUT2D eigenvalue weighted by Gasteiger charge is 2.11. The van der Waals surface area contributed by atoms with Crippen molar-refractivity contribution in [2.24, 2.45) is 0 Å². The number of rotatable bonds is 8. The van der Waals surface area contributed by atoms with Crippen molar-refractivity contribution in [2.75, 3.05) is 13.6 Å². The molecule has 0 radical (unpaired) electrons. The first-order valence-electron chi connectivity index (χ1n) is 9.95. The topological polar surface area (TPSA) is 70.8 Å². The van der Waals surface area contributed by atoms with Crippen LogP contribution < -0.4 is 0 Å². The van der Waals surface area contributed by atoms with E-state index in [1.165, 1.54) is 12.1 Å². The smallest absolute Gasteiger partial charge is 0.241 e. The van der Waals surface area contributed by atoms with Crippen LogP contribution in [0.2, 0.25) is 0 Å². The number of aromatic nitrogens is 4. The normalized spacial score (nSPS) is 11.3. The van der Waals surface area contributed by atoms with E-state index in [1.54, 1.807) is 12.1 Å². The first-order chi connectivity index (χ1) is 14.6. The monoisotopic (exact) mass is 405 g/mol. The first-order valence-corrected chi connectivity index (χ1v) is 9.95. The molecule has 6 nitrogen and oxygen atoms in total. The van der Waals surface area contributed by atoms with E-state index < -0.39 is 0 Å². The van der Waals surface area contributed by atoms with Crippen LogP contribution in [-0.4, -0.2) is 38.8 Å². The fourth-order valence-electron chi connectivity index (χ4n) is 3.33. The Balaban J connectivity index is 1.27. The number of aromatic amines is 1. The second-order valence-electron chi connectivity index (χ2n) is 7.51. The number of aryl methyl sites for hydroxylation is 2. The Bertz CT molecular complexity index is 1100. The molecule has 2 aromatic heterocycles. The van der Waals surface area contributed by atoms with Crippen LogP contribution in [0.25, 0.3) is 22.6 Å². The summed E-state index contributed by atoms with van der Waals surface area (Å²) in [4.78, 5) is 6.67. The predicted molar refractivity (Wildman–Crippen MR) is 113 cm³/mol. The summed E-state index contributed by atoms with van der Waals surface area (Å²) in [6.45, 7) is 3.52. The molecule has 0 saturated heterocycles. The highest BCUT2D eigenvalue weighted by molar-refractivity contribution is 5.59. The third kappa shape index (κ3) is 4.99. The van der Waals surface area contributed by atoms with Gasteiger partial charge >= 0.3 is 0 Å². The summed E-state index contributed by atoms with van der Waals surface area (Å²) in [6, 6.07) is 16.4. The van der Waals surface area contributed by atoms with Crippen molar-refractivity contribution < 1.29 is 8.91 Å². The van der Waals surface area contributed by atoms with E-state index in [0.717, 1.165) is 47.5 Å². The van der Waals surface area contributed by atoms with Crippen molar-refractivity contribution in [2.45, 2.75) is 26.3 Å². The lowest BCUT2D eigenvalue weighted by molar-refractivity contribution is 0.264. The predicted octanol–water partition coefficient (Wildman–Crippen LogP) is 4.64. The van der Waals surface area contributed by atoms with Gasteiger partial charge in [0, 0.05) is 16.8 Å². The fraction of sp³-hybridized carbons (Fsp3) is 0.261. The van der Waals surface area contributed by atoms with Crippen LogP contribution >= 0.6 is 0 Å². The minimum Gasteiger partial charge on any atom is -0.338 e. The molecule has 0 aliphatic carbocycles. The quantitative estimate of drug-likeness (QED) is 0.462. The van der Waals surface area contributed by atoms with Crippen molar-refractivity contribution in [3.8, 4) is 22.6 Å². The SMILES string of the molecule is Cc1cccc(-c2noc(CN(C)CCCc3cc(-c4ccc(F)cc4)n[nH]3)n2)c1. The van der Waals surface area contributed by atoms with Gasteiger partial charge < -0.3 is 4.52 Å². The molecule has 4 aromatic rings. The summed E-state index contributed by atoms with van der Waals surface area (Å²) in [5, 5.41) is 11.5. The molecule has 4 rings (SSSR count). The lowest BCUT2D eigenvalue weighted by atomic mass is 10.1. The maximum absolute atomic E-state index is 13.1. The lowest BCUT2D eigenvalue weighted by Gasteiger charge is -2.13. The largest absolute Gasteiger partial charge is 0.338 e. The molecule has 2 heterocycles. The highest BCUT2D eigenvalue weighted by Crippen LogP contribution is 2.19. The summed E-state index contributed by atoms with van der Waals surface area (Å²) < 4.78 is 18.5. The number of halogens is 1. The second kappa shape index (κ2) is 9.00. The van der Waals surface area contributed by atoms with Gasteiger partial charge in [0.15, 0.2) is 0 Å². The second-order valence-corrected chi connectivity index (χ2v) is 7.51. The van der Waals surface area contributed by atoms with E-state index >= 15 is 0 Å². The number of hydrogen-bond acceptors (Lipinski definition) is 5. The molecule has 30 heavy (non-hydrogen) atoms.